The van der Waals surface area contributed by atoms with E-state index in [1.54, 1.807) is 49.6 Å². The number of hydrogen-bond acceptors (Lipinski definition) is 7. The van der Waals surface area contributed by atoms with Gasteiger partial charge in [0.1, 0.15) is 17.3 Å². The van der Waals surface area contributed by atoms with Gasteiger partial charge in [-0.25, -0.2) is 10.2 Å². The molecule has 3 aromatic carbocycles. The normalized spacial score (nSPS) is 11.7. The van der Waals surface area contributed by atoms with Gasteiger partial charge in [0.25, 0.3) is 5.89 Å². The first-order valence-electron chi connectivity index (χ1n) is 9.42. The van der Waals surface area contributed by atoms with Crippen molar-refractivity contribution in [3.63, 3.8) is 0 Å². The van der Waals surface area contributed by atoms with Gasteiger partial charge in [-0.2, -0.15) is 4.98 Å². The average Bonchev–Trinajstić information content (AvgIpc) is 3.30. The lowest BCUT2D eigenvalue weighted by molar-refractivity contribution is 0.404. The van der Waals surface area contributed by atoms with Crippen molar-refractivity contribution in [2.45, 2.75) is 0 Å². The zero-order valence-corrected chi connectivity index (χ0v) is 16.7. The van der Waals surface area contributed by atoms with Crippen molar-refractivity contribution >= 4 is 17.1 Å². The summed E-state index contributed by atoms with van der Waals surface area (Å²) in [5.74, 6) is 6.77. The third-order valence-corrected chi connectivity index (χ3v) is 4.66. The van der Waals surface area contributed by atoms with Gasteiger partial charge < -0.3 is 15.0 Å². The number of para-hydroxylation sites is 2. The fourth-order valence-corrected chi connectivity index (χ4v) is 3.16. The minimum Gasteiger partial charge on any atom is -0.496 e. The molecule has 1 aromatic heterocycles. The number of nitrogens with zero attached hydrogens (tertiary/aromatic N) is 3. The zero-order chi connectivity index (χ0) is 21.8. The maximum absolute atomic E-state index is 14.4. The molecule has 0 spiro atoms. The predicted octanol–water partition coefficient (Wildman–Crippen LogP) is 4.05. The third kappa shape index (κ3) is 3.96. The molecule has 0 bridgehead atoms. The molecule has 1 heterocycles. The first-order valence-corrected chi connectivity index (χ1v) is 9.42. The summed E-state index contributed by atoms with van der Waals surface area (Å²) in [6.45, 7) is 0. The summed E-state index contributed by atoms with van der Waals surface area (Å²) in [6, 6.07) is 22.5. The van der Waals surface area contributed by atoms with Gasteiger partial charge in [-0.1, -0.05) is 59.8 Å². The van der Waals surface area contributed by atoms with Crippen LogP contribution in [0.4, 0.5) is 10.1 Å². The van der Waals surface area contributed by atoms with E-state index in [4.69, 9.17) is 20.8 Å². The van der Waals surface area contributed by atoms with E-state index in [0.717, 1.165) is 0 Å². The zero-order valence-electron chi connectivity index (χ0n) is 16.7. The molecule has 0 radical (unpaired) electrons. The monoisotopic (exact) mass is 417 g/mol. The van der Waals surface area contributed by atoms with Crippen molar-refractivity contribution in [2.75, 3.05) is 12.1 Å². The number of methoxy groups -OCH3 is 1. The lowest BCUT2D eigenvalue weighted by atomic mass is 10.1. The molecule has 4 N–H and O–H groups in total. The Morgan fingerprint density at radius 3 is 2.39 bits per heavy atom. The number of rotatable bonds is 6. The Labute approximate surface area is 178 Å². The van der Waals surface area contributed by atoms with Crippen LogP contribution in [0.2, 0.25) is 0 Å². The largest absolute Gasteiger partial charge is 0.496 e. The molecule has 0 unspecified atom stereocenters. The molecule has 0 atom stereocenters. The standard InChI is InChI=1S/C23H20FN5O2/c1-30-19-14-8-5-11-16(19)22-27-23(31-28-22)20(25)21(15-9-3-2-4-10-15)29(26)18-13-7-6-12-17(18)24/h2-14H,25-26H2,1H3/b21-20-. The second-order valence-corrected chi connectivity index (χ2v) is 6.57. The van der Waals surface area contributed by atoms with Crippen LogP contribution in [0.15, 0.2) is 83.4 Å². The summed E-state index contributed by atoms with van der Waals surface area (Å²) in [6.07, 6.45) is 0. The van der Waals surface area contributed by atoms with Gasteiger partial charge in [-0.05, 0) is 24.3 Å². The Morgan fingerprint density at radius 2 is 1.65 bits per heavy atom. The van der Waals surface area contributed by atoms with Crippen molar-refractivity contribution in [3.05, 3.63) is 96.1 Å². The molecule has 0 aliphatic heterocycles. The van der Waals surface area contributed by atoms with Crippen LogP contribution >= 0.6 is 0 Å². The molecule has 4 aromatic rings. The third-order valence-electron chi connectivity index (χ3n) is 4.66. The first-order chi connectivity index (χ1) is 15.1. The van der Waals surface area contributed by atoms with Crippen LogP contribution in [0, 0.1) is 5.82 Å². The van der Waals surface area contributed by atoms with E-state index in [0.29, 0.717) is 28.4 Å². The maximum Gasteiger partial charge on any atom is 0.276 e. The minimum absolute atomic E-state index is 0.0477. The topological polar surface area (TPSA) is 103 Å². The lowest BCUT2D eigenvalue weighted by Crippen LogP contribution is -2.32. The SMILES string of the molecule is COc1ccccc1-c1noc(/C(N)=C(\c2ccccc2)N(N)c2ccccc2F)n1. The summed E-state index contributed by atoms with van der Waals surface area (Å²) in [4.78, 5) is 4.42. The van der Waals surface area contributed by atoms with Crippen LogP contribution in [0.3, 0.4) is 0 Å². The van der Waals surface area contributed by atoms with Crippen LogP contribution in [-0.4, -0.2) is 17.3 Å². The van der Waals surface area contributed by atoms with E-state index < -0.39 is 5.82 Å². The Balaban J connectivity index is 1.84. The van der Waals surface area contributed by atoms with E-state index in [2.05, 4.69) is 10.1 Å². The Kier molecular flexibility index (Phi) is 5.63. The molecule has 0 saturated carbocycles. The van der Waals surface area contributed by atoms with Crippen LogP contribution in [0.25, 0.3) is 22.8 Å². The second-order valence-electron chi connectivity index (χ2n) is 6.57. The van der Waals surface area contributed by atoms with E-state index in [9.17, 15) is 4.39 Å². The molecule has 0 amide bonds. The van der Waals surface area contributed by atoms with E-state index in [1.165, 1.54) is 11.1 Å². The fourth-order valence-electron chi connectivity index (χ4n) is 3.16. The highest BCUT2D eigenvalue weighted by Crippen LogP contribution is 2.32. The summed E-state index contributed by atoms with van der Waals surface area (Å²) in [5, 5.41) is 5.20. The smallest absolute Gasteiger partial charge is 0.276 e. The Bertz CT molecular complexity index is 1220. The van der Waals surface area contributed by atoms with Crippen molar-refractivity contribution < 1.29 is 13.7 Å². The van der Waals surface area contributed by atoms with E-state index in [-0.39, 0.29) is 17.3 Å². The van der Waals surface area contributed by atoms with Gasteiger partial charge in [-0.15, -0.1) is 0 Å². The predicted molar refractivity (Wildman–Crippen MR) is 117 cm³/mol. The molecule has 8 heteroatoms. The maximum atomic E-state index is 14.4. The van der Waals surface area contributed by atoms with Gasteiger partial charge in [0.2, 0.25) is 5.82 Å². The summed E-state index contributed by atoms with van der Waals surface area (Å²) < 4.78 is 25.2. The molecule has 0 saturated heterocycles. The highest BCUT2D eigenvalue weighted by atomic mass is 19.1. The summed E-state index contributed by atoms with van der Waals surface area (Å²) in [7, 11) is 1.56. The van der Waals surface area contributed by atoms with Crippen LogP contribution in [-0.2, 0) is 0 Å². The summed E-state index contributed by atoms with van der Waals surface area (Å²) in [5.41, 5.74) is 8.30. The fraction of sp³-hybridized carbons (Fsp3) is 0.0435. The molecule has 0 fully saturated rings. The number of hydrogen-bond donors (Lipinski definition) is 2. The van der Waals surface area contributed by atoms with Crippen molar-refractivity contribution in [2.24, 2.45) is 11.6 Å². The number of benzene rings is 3. The highest BCUT2D eigenvalue weighted by Gasteiger charge is 2.22. The highest BCUT2D eigenvalue weighted by molar-refractivity contribution is 5.93. The van der Waals surface area contributed by atoms with Crippen LogP contribution in [0.1, 0.15) is 11.5 Å². The van der Waals surface area contributed by atoms with Gasteiger partial charge in [0.15, 0.2) is 0 Å². The molecule has 156 valence electrons. The van der Waals surface area contributed by atoms with Crippen LogP contribution < -0.4 is 21.3 Å². The Hall–Kier alpha value is -4.17. The lowest BCUT2D eigenvalue weighted by Gasteiger charge is -2.24. The minimum atomic E-state index is -0.494. The molecular formula is C23H20FN5O2. The van der Waals surface area contributed by atoms with Gasteiger partial charge in [0.05, 0.1) is 24.1 Å². The Morgan fingerprint density at radius 1 is 0.968 bits per heavy atom. The second kappa shape index (κ2) is 8.68. The number of ether oxygens (including phenoxy) is 1. The molecular weight excluding hydrogens is 397 g/mol. The molecule has 7 nitrogen and oxygen atoms in total. The van der Waals surface area contributed by atoms with Gasteiger partial charge >= 0.3 is 0 Å². The van der Waals surface area contributed by atoms with Crippen molar-refractivity contribution in [3.8, 4) is 17.1 Å². The van der Waals surface area contributed by atoms with E-state index >= 15 is 0 Å². The number of halogens is 1. The van der Waals surface area contributed by atoms with Crippen molar-refractivity contribution in [1.82, 2.24) is 10.1 Å². The molecule has 0 aliphatic carbocycles. The van der Waals surface area contributed by atoms with Gasteiger partial charge in [-0.3, -0.25) is 5.01 Å². The van der Waals surface area contributed by atoms with E-state index in [1.807, 2.05) is 30.3 Å². The summed E-state index contributed by atoms with van der Waals surface area (Å²) >= 11 is 0. The number of hydrazine groups is 1. The number of nitrogens with two attached hydrogens (primary N) is 2. The quantitative estimate of drug-likeness (QED) is 0.360. The molecule has 0 aliphatic rings. The average molecular weight is 417 g/mol. The van der Waals surface area contributed by atoms with Crippen LogP contribution in [0.5, 0.6) is 5.75 Å². The number of aromatic nitrogens is 2. The molecule has 4 rings (SSSR count). The first kappa shape index (κ1) is 20.1. The number of anilines is 1. The molecule has 31 heavy (non-hydrogen) atoms. The van der Waals surface area contributed by atoms with Gasteiger partial charge in [0, 0.05) is 5.56 Å². The van der Waals surface area contributed by atoms with Crippen molar-refractivity contribution in [1.29, 1.82) is 0 Å².